The molecule has 0 radical (unpaired) electrons. The van der Waals surface area contributed by atoms with Crippen LogP contribution in [0.25, 0.3) is 10.9 Å². The third kappa shape index (κ3) is 12.7. The predicted molar refractivity (Wildman–Crippen MR) is 245 cm³/mol. The number of carbonyl (C=O) groups is 6. The molecule has 1 N–H and O–H groups in total. The van der Waals surface area contributed by atoms with Gasteiger partial charge in [0.2, 0.25) is 17.7 Å². The number of aromatic nitrogens is 1. The lowest BCUT2D eigenvalue weighted by molar-refractivity contribution is -0.201. The van der Waals surface area contributed by atoms with Gasteiger partial charge in [0, 0.05) is 88.4 Å². The number of H-pyrrole nitrogens is 1. The molecule has 5 rings (SSSR count). The minimum absolute atomic E-state index is 0.0185. The van der Waals surface area contributed by atoms with E-state index < -0.39 is 24.0 Å². The zero-order valence-electron chi connectivity index (χ0n) is 39.6. The molecule has 2 fully saturated rings. The Morgan fingerprint density at radius 2 is 1.59 bits per heavy atom. The van der Waals surface area contributed by atoms with Gasteiger partial charge in [-0.15, -0.1) is 0 Å². The molecule has 3 aliphatic heterocycles. The van der Waals surface area contributed by atoms with Gasteiger partial charge in [0.15, 0.2) is 0 Å². The number of rotatable bonds is 26. The van der Waals surface area contributed by atoms with Crippen LogP contribution >= 0.6 is 0 Å². The smallest absolute Gasteiger partial charge is 0.253 e. The Morgan fingerprint density at radius 1 is 0.875 bits per heavy atom. The number of unbranched alkanes of at least 4 members (excludes halogenated alkanes) is 4. The number of aromatic amines is 1. The molecule has 2 saturated heterocycles. The molecular formula is C50H75N5O9. The summed E-state index contributed by atoms with van der Waals surface area (Å²) in [7, 11) is 5.04. The Bertz CT molecular complexity index is 1890. The molecule has 14 nitrogen and oxygen atoms in total. The van der Waals surface area contributed by atoms with Gasteiger partial charge >= 0.3 is 0 Å². The number of Topliss-reactive ketones (excluding diaryl/α,β-unsaturated/α-hetero) is 1. The van der Waals surface area contributed by atoms with Crippen molar-refractivity contribution in [2.45, 2.75) is 148 Å². The van der Waals surface area contributed by atoms with Crippen molar-refractivity contribution >= 4 is 46.2 Å². The van der Waals surface area contributed by atoms with Crippen LogP contribution in [0.1, 0.15) is 123 Å². The number of imide groups is 1. The zero-order chi connectivity index (χ0) is 46.3. The van der Waals surface area contributed by atoms with E-state index in [1.807, 2.05) is 61.2 Å². The minimum Gasteiger partial charge on any atom is -0.379 e. The number of para-hydroxylation sites is 1. The van der Waals surface area contributed by atoms with Gasteiger partial charge in [-0.25, -0.2) is 5.06 Å². The number of hydrogen-bond donors (Lipinski definition) is 1. The van der Waals surface area contributed by atoms with Crippen molar-refractivity contribution in [3.05, 3.63) is 48.2 Å². The Balaban J connectivity index is 1.20. The van der Waals surface area contributed by atoms with Crippen molar-refractivity contribution in [1.29, 1.82) is 0 Å². The van der Waals surface area contributed by atoms with E-state index in [-0.39, 0.29) is 72.1 Å². The number of ketones is 1. The molecule has 0 bridgehead atoms. The van der Waals surface area contributed by atoms with Crippen LogP contribution in [0.3, 0.4) is 0 Å². The Labute approximate surface area is 380 Å². The minimum atomic E-state index is -0.631. The Hall–Kier alpha value is -4.40. The van der Waals surface area contributed by atoms with Crippen molar-refractivity contribution < 1.29 is 43.1 Å². The van der Waals surface area contributed by atoms with Crippen LogP contribution in [-0.2, 0) is 49.5 Å². The molecule has 8 atom stereocenters. The van der Waals surface area contributed by atoms with E-state index in [4.69, 9.17) is 14.3 Å². The maximum atomic E-state index is 14.4. The molecule has 2 aromatic rings. The molecule has 1 aromatic carbocycles. The molecular weight excluding hydrogens is 815 g/mol. The lowest BCUT2D eigenvalue weighted by Crippen LogP contribution is -2.53. The molecule has 354 valence electrons. The second-order valence-electron chi connectivity index (χ2n) is 18.3. The largest absolute Gasteiger partial charge is 0.379 e. The fourth-order valence-electron chi connectivity index (χ4n) is 10.2. The van der Waals surface area contributed by atoms with Crippen molar-refractivity contribution in [1.82, 2.24) is 24.7 Å². The topological polar surface area (TPSA) is 159 Å². The SMILES string of the molecule is CC[C@H](CCCCCCCN1C(=O)C=CC1=O)C(=O)N(C)[C@@H]([C@@H](C)CC)[C@@H](CC(=O)N1CCC[C@H]1[C@H](OC)[C@@H](C)C(=O)C[C@@H](Cc1c[nH]c2ccccc12)C(=O)N1CCCCO1)OC. The quantitative estimate of drug-likeness (QED) is 0.0772. The number of benzene rings is 1. The number of methoxy groups -OCH3 is 2. The van der Waals surface area contributed by atoms with Crippen molar-refractivity contribution in [3.8, 4) is 0 Å². The van der Waals surface area contributed by atoms with E-state index in [9.17, 15) is 28.8 Å². The summed E-state index contributed by atoms with van der Waals surface area (Å²) < 4.78 is 12.2. The van der Waals surface area contributed by atoms with Crippen LogP contribution < -0.4 is 0 Å². The summed E-state index contributed by atoms with van der Waals surface area (Å²) >= 11 is 0. The Morgan fingerprint density at radius 3 is 2.27 bits per heavy atom. The third-order valence-corrected chi connectivity index (χ3v) is 14.2. The highest BCUT2D eigenvalue weighted by atomic mass is 16.7. The van der Waals surface area contributed by atoms with Crippen LogP contribution in [0, 0.1) is 23.7 Å². The van der Waals surface area contributed by atoms with Gasteiger partial charge < -0.3 is 24.3 Å². The second kappa shape index (κ2) is 24.8. The number of likely N-dealkylation sites (N-methyl/N-ethyl adjacent to an activating group) is 1. The van der Waals surface area contributed by atoms with Crippen LogP contribution in [0.4, 0.5) is 0 Å². The molecule has 0 spiro atoms. The number of likely N-dealkylation sites (tertiary alicyclic amines) is 1. The number of ether oxygens (including phenoxy) is 2. The first kappa shape index (κ1) is 50.6. The van der Waals surface area contributed by atoms with E-state index in [1.165, 1.54) is 22.1 Å². The number of fused-ring (bicyclic) bond motifs is 1. The number of amides is 5. The van der Waals surface area contributed by atoms with E-state index in [1.54, 1.807) is 14.2 Å². The highest BCUT2D eigenvalue weighted by Crippen LogP contribution is 2.32. The molecule has 0 unspecified atom stereocenters. The van der Waals surface area contributed by atoms with E-state index in [0.29, 0.717) is 45.5 Å². The molecule has 64 heavy (non-hydrogen) atoms. The Kier molecular flexibility index (Phi) is 19.6. The molecule has 1 aromatic heterocycles. The van der Waals surface area contributed by atoms with Gasteiger partial charge in [0.1, 0.15) is 5.78 Å². The molecule has 5 amide bonds. The number of nitrogens with zero attached hydrogens (tertiary/aromatic N) is 4. The second-order valence-corrected chi connectivity index (χ2v) is 18.3. The van der Waals surface area contributed by atoms with Gasteiger partial charge in [-0.2, -0.15) is 0 Å². The first-order valence-electron chi connectivity index (χ1n) is 24.0. The molecule has 3 aliphatic rings. The van der Waals surface area contributed by atoms with Crippen LogP contribution in [-0.4, -0.2) is 132 Å². The van der Waals surface area contributed by atoms with Gasteiger partial charge in [0.25, 0.3) is 11.8 Å². The third-order valence-electron chi connectivity index (χ3n) is 14.2. The standard InChI is InChI=1S/C50H75N5O9/c1-8-34(3)47(52(5)49(60)36(9-2)20-13-11-10-12-16-26-54-44(57)24-25-45(54)58)43(62-6)32-46(59)53-27-19-23-41(53)48(63-7)35(4)42(56)31-37(50(61)55-28-17-18-29-64-55)30-38-33-51-40-22-15-14-21-39(38)40/h14-15,21-22,24-25,33-37,41,43,47-48,51H,8-13,16-20,23,26-32H2,1-7H3/t34-,35-,36+,37+,41-,43+,47-,48+/m0/s1. The highest BCUT2D eigenvalue weighted by Gasteiger charge is 2.43. The number of hydroxylamine groups is 2. The average molecular weight is 890 g/mol. The zero-order valence-corrected chi connectivity index (χ0v) is 39.6. The first-order valence-corrected chi connectivity index (χ1v) is 24.0. The first-order chi connectivity index (χ1) is 30.8. The van der Waals surface area contributed by atoms with Crippen LogP contribution in [0.2, 0.25) is 0 Å². The molecule has 0 aliphatic carbocycles. The lowest BCUT2D eigenvalue weighted by Gasteiger charge is -2.40. The van der Waals surface area contributed by atoms with E-state index in [2.05, 4.69) is 18.8 Å². The summed E-state index contributed by atoms with van der Waals surface area (Å²) in [6.45, 7) is 10.0. The van der Waals surface area contributed by atoms with Crippen LogP contribution in [0.5, 0.6) is 0 Å². The van der Waals surface area contributed by atoms with E-state index >= 15 is 0 Å². The summed E-state index contributed by atoms with van der Waals surface area (Å²) in [6, 6.07) is 7.27. The molecule has 14 heteroatoms. The van der Waals surface area contributed by atoms with Gasteiger partial charge in [-0.3, -0.25) is 38.5 Å². The fourth-order valence-corrected chi connectivity index (χ4v) is 10.2. The summed E-state index contributed by atoms with van der Waals surface area (Å²) in [6.07, 6.45) is 13.8. The number of hydrogen-bond acceptors (Lipinski definition) is 9. The normalized spacial score (nSPS) is 20.0. The maximum absolute atomic E-state index is 14.4. The van der Waals surface area contributed by atoms with Gasteiger partial charge in [-0.1, -0.05) is 78.0 Å². The molecule has 4 heterocycles. The van der Waals surface area contributed by atoms with Crippen LogP contribution in [0.15, 0.2) is 42.6 Å². The predicted octanol–water partition coefficient (Wildman–Crippen LogP) is 7.05. The monoisotopic (exact) mass is 890 g/mol. The summed E-state index contributed by atoms with van der Waals surface area (Å²) in [5.74, 6) is -2.14. The average Bonchev–Trinajstić information content (AvgIpc) is 4.05. The summed E-state index contributed by atoms with van der Waals surface area (Å²) in [4.78, 5) is 94.6. The van der Waals surface area contributed by atoms with Gasteiger partial charge in [-0.05, 0) is 68.9 Å². The van der Waals surface area contributed by atoms with Crippen molar-refractivity contribution in [2.24, 2.45) is 23.7 Å². The summed E-state index contributed by atoms with van der Waals surface area (Å²) in [5.41, 5.74) is 1.94. The molecule has 0 saturated carbocycles. The lowest BCUT2D eigenvalue weighted by atomic mass is 9.85. The number of nitrogens with one attached hydrogen (secondary N) is 1. The van der Waals surface area contributed by atoms with Gasteiger partial charge in [0.05, 0.1) is 43.2 Å². The van der Waals surface area contributed by atoms with E-state index in [0.717, 1.165) is 80.7 Å². The number of carbonyl (C=O) groups excluding carboxylic acids is 6. The van der Waals surface area contributed by atoms with Crippen molar-refractivity contribution in [3.63, 3.8) is 0 Å². The maximum Gasteiger partial charge on any atom is 0.253 e. The van der Waals surface area contributed by atoms with Crippen molar-refractivity contribution in [2.75, 3.05) is 47.5 Å². The highest BCUT2D eigenvalue weighted by molar-refractivity contribution is 6.12. The summed E-state index contributed by atoms with van der Waals surface area (Å²) in [5, 5.41) is 2.46. The fraction of sp³-hybridized carbons (Fsp3) is 0.680.